The summed E-state index contributed by atoms with van der Waals surface area (Å²) in [4.78, 5) is 28.8. The molecule has 0 saturated carbocycles. The second-order valence-corrected chi connectivity index (χ2v) is 8.49. The van der Waals surface area contributed by atoms with Crippen LogP contribution >= 0.6 is 35.0 Å². The van der Waals surface area contributed by atoms with Crippen molar-refractivity contribution in [2.24, 2.45) is 0 Å². The van der Waals surface area contributed by atoms with Crippen LogP contribution in [-0.4, -0.2) is 18.9 Å². The standard InChI is InChI=1S/C23H16Cl2N2O3S/c1-30-18-10-6-16(7-11-18)26-20-21(31-19-12-4-15(25)5-13-19)23(29)27(22(20)28)17-8-2-14(24)3-9-17/h2-13,26H,1H3. The van der Waals surface area contributed by atoms with Gasteiger partial charge in [-0.25, -0.2) is 4.90 Å². The highest BCUT2D eigenvalue weighted by Gasteiger charge is 2.40. The van der Waals surface area contributed by atoms with E-state index >= 15 is 0 Å². The Morgan fingerprint density at radius 3 is 1.97 bits per heavy atom. The van der Waals surface area contributed by atoms with Gasteiger partial charge in [0.05, 0.1) is 12.8 Å². The molecule has 31 heavy (non-hydrogen) atoms. The number of amides is 2. The molecule has 0 aromatic heterocycles. The fraction of sp³-hybridized carbons (Fsp3) is 0.0435. The molecule has 0 unspecified atom stereocenters. The van der Waals surface area contributed by atoms with Gasteiger partial charge in [0.25, 0.3) is 11.8 Å². The zero-order chi connectivity index (χ0) is 22.0. The second kappa shape index (κ2) is 9.06. The molecule has 8 heteroatoms. The minimum absolute atomic E-state index is 0.199. The van der Waals surface area contributed by atoms with E-state index in [2.05, 4.69) is 5.32 Å². The van der Waals surface area contributed by atoms with Crippen LogP contribution < -0.4 is 15.0 Å². The first-order valence-corrected chi connectivity index (χ1v) is 10.8. The summed E-state index contributed by atoms with van der Waals surface area (Å²) < 4.78 is 5.18. The van der Waals surface area contributed by atoms with Gasteiger partial charge in [0.1, 0.15) is 16.4 Å². The number of rotatable bonds is 6. The fourth-order valence-corrected chi connectivity index (χ4v) is 4.16. The highest BCUT2D eigenvalue weighted by Crippen LogP contribution is 2.38. The number of hydrogen-bond acceptors (Lipinski definition) is 5. The summed E-state index contributed by atoms with van der Waals surface area (Å²) in [6.45, 7) is 0. The van der Waals surface area contributed by atoms with Gasteiger partial charge in [0.2, 0.25) is 0 Å². The van der Waals surface area contributed by atoms with Gasteiger partial charge in [-0.2, -0.15) is 0 Å². The number of benzene rings is 3. The molecule has 0 radical (unpaired) electrons. The first kappa shape index (κ1) is 21.3. The molecule has 0 bridgehead atoms. The van der Waals surface area contributed by atoms with Crippen molar-refractivity contribution >= 4 is 58.2 Å². The molecule has 2 amide bonds. The lowest BCUT2D eigenvalue weighted by atomic mass is 10.2. The van der Waals surface area contributed by atoms with Crippen molar-refractivity contribution in [1.29, 1.82) is 0 Å². The van der Waals surface area contributed by atoms with Crippen molar-refractivity contribution in [2.45, 2.75) is 4.90 Å². The van der Waals surface area contributed by atoms with E-state index in [0.717, 1.165) is 9.80 Å². The maximum Gasteiger partial charge on any atom is 0.283 e. The summed E-state index contributed by atoms with van der Waals surface area (Å²) in [5.41, 5.74) is 1.30. The van der Waals surface area contributed by atoms with Gasteiger partial charge >= 0.3 is 0 Å². The molecule has 3 aromatic rings. The Balaban J connectivity index is 1.71. The summed E-state index contributed by atoms with van der Waals surface area (Å²) in [5.74, 6) is -0.171. The summed E-state index contributed by atoms with van der Waals surface area (Å²) in [5, 5.41) is 4.21. The molecule has 0 saturated heterocycles. The Bertz CT molecular complexity index is 1160. The molecule has 0 spiro atoms. The Kier molecular flexibility index (Phi) is 6.23. The van der Waals surface area contributed by atoms with Crippen LogP contribution in [-0.2, 0) is 9.59 Å². The van der Waals surface area contributed by atoms with Crippen LogP contribution in [0.15, 0.2) is 88.3 Å². The monoisotopic (exact) mass is 470 g/mol. The second-order valence-electron chi connectivity index (χ2n) is 6.54. The third kappa shape index (κ3) is 4.56. The molecule has 1 aliphatic heterocycles. The van der Waals surface area contributed by atoms with Gasteiger partial charge in [-0.05, 0) is 72.8 Å². The lowest BCUT2D eigenvalue weighted by molar-refractivity contribution is -0.120. The molecule has 1 N–H and O–H groups in total. The Morgan fingerprint density at radius 2 is 1.39 bits per heavy atom. The van der Waals surface area contributed by atoms with Gasteiger partial charge in [-0.1, -0.05) is 35.0 Å². The molecule has 156 valence electrons. The zero-order valence-corrected chi connectivity index (χ0v) is 18.6. The molecule has 0 aliphatic carbocycles. The zero-order valence-electron chi connectivity index (χ0n) is 16.3. The largest absolute Gasteiger partial charge is 0.497 e. The quantitative estimate of drug-likeness (QED) is 0.448. The van der Waals surface area contributed by atoms with E-state index in [9.17, 15) is 9.59 Å². The first-order chi connectivity index (χ1) is 15.0. The van der Waals surface area contributed by atoms with Crippen LogP contribution in [0.25, 0.3) is 0 Å². The SMILES string of the molecule is COc1ccc(NC2=C(Sc3ccc(Cl)cc3)C(=O)N(c3ccc(Cl)cc3)C2=O)cc1. The van der Waals surface area contributed by atoms with E-state index in [-0.39, 0.29) is 10.6 Å². The van der Waals surface area contributed by atoms with Crippen LogP contribution in [0.2, 0.25) is 10.0 Å². The van der Waals surface area contributed by atoms with Gasteiger partial charge in [0, 0.05) is 20.6 Å². The summed E-state index contributed by atoms with van der Waals surface area (Å²) in [6.07, 6.45) is 0. The van der Waals surface area contributed by atoms with E-state index < -0.39 is 11.8 Å². The number of anilines is 2. The van der Waals surface area contributed by atoms with E-state index in [1.165, 1.54) is 11.8 Å². The molecule has 0 fully saturated rings. The van der Waals surface area contributed by atoms with E-state index in [1.54, 1.807) is 79.9 Å². The molecule has 4 rings (SSSR count). The van der Waals surface area contributed by atoms with Gasteiger partial charge in [-0.3, -0.25) is 9.59 Å². The molecule has 3 aromatic carbocycles. The number of thioether (sulfide) groups is 1. The summed E-state index contributed by atoms with van der Waals surface area (Å²) >= 11 is 13.1. The highest BCUT2D eigenvalue weighted by molar-refractivity contribution is 8.04. The van der Waals surface area contributed by atoms with Crippen molar-refractivity contribution in [2.75, 3.05) is 17.3 Å². The number of nitrogens with one attached hydrogen (secondary N) is 1. The lowest BCUT2D eigenvalue weighted by Crippen LogP contribution is -2.32. The summed E-state index contributed by atoms with van der Waals surface area (Å²) in [6, 6.07) is 20.7. The van der Waals surface area contributed by atoms with Crippen LogP contribution in [0.3, 0.4) is 0 Å². The third-order valence-corrected chi connectivity index (χ3v) is 6.11. The number of carbonyl (C=O) groups excluding carboxylic acids is 2. The van der Waals surface area contributed by atoms with Crippen molar-refractivity contribution in [3.63, 3.8) is 0 Å². The number of imide groups is 1. The minimum Gasteiger partial charge on any atom is -0.497 e. The van der Waals surface area contributed by atoms with E-state index in [4.69, 9.17) is 27.9 Å². The number of halogens is 2. The number of carbonyl (C=O) groups is 2. The number of ether oxygens (including phenoxy) is 1. The summed E-state index contributed by atoms with van der Waals surface area (Å²) in [7, 11) is 1.58. The normalized spacial score (nSPS) is 13.7. The van der Waals surface area contributed by atoms with Crippen molar-refractivity contribution in [1.82, 2.24) is 0 Å². The third-order valence-electron chi connectivity index (χ3n) is 4.52. The predicted molar refractivity (Wildman–Crippen MR) is 125 cm³/mol. The maximum atomic E-state index is 13.3. The maximum absolute atomic E-state index is 13.3. The minimum atomic E-state index is -0.445. The molecular weight excluding hydrogens is 455 g/mol. The molecule has 1 heterocycles. The molecule has 1 aliphatic rings. The fourth-order valence-electron chi connectivity index (χ4n) is 2.98. The topological polar surface area (TPSA) is 58.6 Å². The number of hydrogen-bond donors (Lipinski definition) is 1. The van der Waals surface area contributed by atoms with Crippen LogP contribution in [0.1, 0.15) is 0 Å². The Labute approximate surface area is 193 Å². The van der Waals surface area contributed by atoms with Crippen LogP contribution in [0, 0.1) is 0 Å². The highest BCUT2D eigenvalue weighted by atomic mass is 35.5. The van der Waals surface area contributed by atoms with Crippen LogP contribution in [0.5, 0.6) is 5.75 Å². The van der Waals surface area contributed by atoms with Gasteiger partial charge in [-0.15, -0.1) is 0 Å². The number of nitrogens with zero attached hydrogens (tertiary/aromatic N) is 1. The average Bonchev–Trinajstić information content (AvgIpc) is 3.00. The number of methoxy groups -OCH3 is 1. The Morgan fingerprint density at radius 1 is 0.806 bits per heavy atom. The van der Waals surface area contributed by atoms with Crippen molar-refractivity contribution < 1.29 is 14.3 Å². The Hall–Kier alpha value is -2.93. The van der Waals surface area contributed by atoms with E-state index in [1.807, 2.05) is 0 Å². The van der Waals surface area contributed by atoms with Crippen LogP contribution in [0.4, 0.5) is 11.4 Å². The molecule has 5 nitrogen and oxygen atoms in total. The van der Waals surface area contributed by atoms with E-state index in [0.29, 0.717) is 27.2 Å². The molecule has 0 atom stereocenters. The lowest BCUT2D eigenvalue weighted by Gasteiger charge is -2.15. The van der Waals surface area contributed by atoms with Crippen molar-refractivity contribution in [3.8, 4) is 5.75 Å². The smallest absolute Gasteiger partial charge is 0.283 e. The van der Waals surface area contributed by atoms with Gasteiger partial charge < -0.3 is 10.1 Å². The first-order valence-electron chi connectivity index (χ1n) is 9.19. The van der Waals surface area contributed by atoms with Gasteiger partial charge in [0.15, 0.2) is 0 Å². The predicted octanol–water partition coefficient (Wildman–Crippen LogP) is 5.99. The average molecular weight is 471 g/mol. The molecular formula is C23H16Cl2N2O3S. The van der Waals surface area contributed by atoms with Crippen molar-refractivity contribution in [3.05, 3.63) is 93.4 Å².